The van der Waals surface area contributed by atoms with Gasteiger partial charge in [-0.05, 0) is 67.2 Å². The summed E-state index contributed by atoms with van der Waals surface area (Å²) in [6.07, 6.45) is 22.2. The Morgan fingerprint density at radius 3 is 1.92 bits per heavy atom. The second kappa shape index (κ2) is 16.8. The molecule has 3 heteroatoms. The van der Waals surface area contributed by atoms with Gasteiger partial charge in [0, 0.05) is 5.56 Å². The van der Waals surface area contributed by atoms with Crippen molar-refractivity contribution in [2.24, 2.45) is 5.92 Å². The van der Waals surface area contributed by atoms with E-state index in [0.29, 0.717) is 29.9 Å². The van der Waals surface area contributed by atoms with E-state index in [4.69, 9.17) is 0 Å². The van der Waals surface area contributed by atoms with Gasteiger partial charge < -0.3 is 5.11 Å². The highest BCUT2D eigenvalue weighted by atomic mass is 19.1. The van der Waals surface area contributed by atoms with Crippen molar-refractivity contribution in [2.45, 2.75) is 141 Å². The molecule has 216 valence electrons. The van der Waals surface area contributed by atoms with Gasteiger partial charge in [0.2, 0.25) is 0 Å². The molecule has 39 heavy (non-hydrogen) atoms. The van der Waals surface area contributed by atoms with Crippen molar-refractivity contribution >= 4 is 5.97 Å². The average molecular weight is 537 g/mol. The molecule has 0 radical (unpaired) electrons. The quantitative estimate of drug-likeness (QED) is 0.192. The van der Waals surface area contributed by atoms with Crippen molar-refractivity contribution in [1.82, 2.24) is 0 Å². The number of carbonyl (C=O) groups is 1. The number of hydrogen-bond donors (Lipinski definition) is 1. The zero-order chi connectivity index (χ0) is 27.9. The second-order valence-electron chi connectivity index (χ2n) is 12.1. The third-order valence-electron chi connectivity index (χ3n) is 9.19. The number of carboxylic acids is 1. The van der Waals surface area contributed by atoms with Crippen molar-refractivity contribution in [1.29, 1.82) is 0 Å². The average Bonchev–Trinajstić information content (AvgIpc) is 2.95. The fourth-order valence-electron chi connectivity index (χ4n) is 6.48. The monoisotopic (exact) mass is 536 g/mol. The van der Waals surface area contributed by atoms with Crippen LogP contribution in [0.25, 0.3) is 11.1 Å². The summed E-state index contributed by atoms with van der Waals surface area (Å²) in [4.78, 5) is 12.5. The lowest BCUT2D eigenvalue weighted by atomic mass is 9.66. The Morgan fingerprint density at radius 1 is 0.795 bits per heavy atom. The molecule has 1 aliphatic carbocycles. The molecule has 0 amide bonds. The van der Waals surface area contributed by atoms with Crippen molar-refractivity contribution in [2.75, 3.05) is 0 Å². The lowest BCUT2D eigenvalue weighted by Gasteiger charge is -2.37. The van der Waals surface area contributed by atoms with Gasteiger partial charge in [-0.1, -0.05) is 134 Å². The Labute approximate surface area is 237 Å². The molecule has 1 fully saturated rings. The number of aliphatic carboxylic acids is 1. The van der Waals surface area contributed by atoms with E-state index in [2.05, 4.69) is 26.0 Å². The van der Waals surface area contributed by atoms with Crippen LogP contribution in [0.15, 0.2) is 42.5 Å². The molecule has 2 nitrogen and oxygen atoms in total. The largest absolute Gasteiger partial charge is 0.481 e. The van der Waals surface area contributed by atoms with Crippen LogP contribution in [-0.4, -0.2) is 11.1 Å². The smallest absolute Gasteiger partial charge is 0.314 e. The summed E-state index contributed by atoms with van der Waals surface area (Å²) in [6, 6.07) is 13.4. The summed E-state index contributed by atoms with van der Waals surface area (Å²) in [6.45, 7) is 4.49. The van der Waals surface area contributed by atoms with Crippen molar-refractivity contribution < 1.29 is 14.3 Å². The van der Waals surface area contributed by atoms with Crippen LogP contribution in [0.1, 0.15) is 141 Å². The summed E-state index contributed by atoms with van der Waals surface area (Å²) in [5.41, 5.74) is 2.37. The molecule has 0 bridgehead atoms. The van der Waals surface area contributed by atoms with Gasteiger partial charge in [0.05, 0.1) is 5.41 Å². The summed E-state index contributed by atoms with van der Waals surface area (Å²) in [5.74, 6) is -0.517. The molecule has 3 rings (SSSR count). The van der Waals surface area contributed by atoms with Crippen LogP contribution in [0.5, 0.6) is 0 Å². The minimum absolute atomic E-state index is 0.318. The predicted octanol–water partition coefficient (Wildman–Crippen LogP) is 11.0. The molecule has 0 spiro atoms. The first-order valence-electron chi connectivity index (χ1n) is 16.1. The third kappa shape index (κ3) is 9.47. The Bertz CT molecular complexity index is 972. The van der Waals surface area contributed by atoms with Crippen molar-refractivity contribution in [3.8, 4) is 11.1 Å². The van der Waals surface area contributed by atoms with Gasteiger partial charge in [-0.3, -0.25) is 4.79 Å². The molecule has 0 aromatic heterocycles. The number of benzene rings is 2. The maximum Gasteiger partial charge on any atom is 0.314 e. The van der Waals surface area contributed by atoms with E-state index in [-0.39, 0.29) is 5.82 Å². The number of hydrogen-bond acceptors (Lipinski definition) is 1. The molecule has 0 aliphatic heterocycles. The molecule has 2 aromatic rings. The first-order chi connectivity index (χ1) is 19.0. The fraction of sp³-hybridized carbons (Fsp3) is 0.639. The molecular weight excluding hydrogens is 483 g/mol. The molecule has 2 aromatic carbocycles. The Hall–Kier alpha value is -2.16. The molecule has 1 N–H and O–H groups in total. The molecule has 0 saturated heterocycles. The maximum absolute atomic E-state index is 15.4. The molecular formula is C36H53FO2. The van der Waals surface area contributed by atoms with Gasteiger partial charge in [0.15, 0.2) is 0 Å². The van der Waals surface area contributed by atoms with E-state index < -0.39 is 11.4 Å². The van der Waals surface area contributed by atoms with Crippen LogP contribution in [0, 0.1) is 11.7 Å². The number of unbranched alkanes of at least 4 members (excludes halogenated alkanes) is 11. The van der Waals surface area contributed by atoms with Crippen molar-refractivity contribution in [3.05, 3.63) is 59.4 Å². The van der Waals surface area contributed by atoms with Gasteiger partial charge in [-0.25, -0.2) is 4.39 Å². The Morgan fingerprint density at radius 2 is 1.36 bits per heavy atom. The zero-order valence-corrected chi connectivity index (χ0v) is 24.8. The van der Waals surface area contributed by atoms with Crippen LogP contribution < -0.4 is 0 Å². The highest BCUT2D eigenvalue weighted by molar-refractivity contribution is 5.82. The van der Waals surface area contributed by atoms with Crippen LogP contribution in [0.4, 0.5) is 4.39 Å². The second-order valence-corrected chi connectivity index (χ2v) is 12.1. The highest BCUT2D eigenvalue weighted by Gasteiger charge is 2.43. The van der Waals surface area contributed by atoms with Gasteiger partial charge >= 0.3 is 5.97 Å². The summed E-state index contributed by atoms with van der Waals surface area (Å²) < 4.78 is 15.4. The van der Waals surface area contributed by atoms with Crippen LogP contribution >= 0.6 is 0 Å². The number of rotatable bonds is 18. The minimum atomic E-state index is -0.962. The molecule has 1 saturated carbocycles. The van der Waals surface area contributed by atoms with E-state index in [1.54, 1.807) is 6.07 Å². The number of aryl methyl sites for hydroxylation is 1. The first kappa shape index (κ1) is 31.4. The first-order valence-corrected chi connectivity index (χ1v) is 16.1. The molecule has 1 aliphatic rings. The zero-order valence-electron chi connectivity index (χ0n) is 24.8. The highest BCUT2D eigenvalue weighted by Crippen LogP contribution is 2.44. The molecule has 0 atom stereocenters. The van der Waals surface area contributed by atoms with Gasteiger partial charge in [-0.15, -0.1) is 0 Å². The lowest BCUT2D eigenvalue weighted by molar-refractivity contribution is -0.145. The summed E-state index contributed by atoms with van der Waals surface area (Å²) in [5, 5.41) is 10.3. The summed E-state index contributed by atoms with van der Waals surface area (Å²) in [7, 11) is 0. The number of halogens is 1. The predicted molar refractivity (Wildman–Crippen MR) is 163 cm³/mol. The SMILES string of the molecule is CCCCCCCCCCC1CCC(C(=O)O)(c2ccc(-c3ccc(CCCCCCC)cc3)c(F)c2)CC1. The van der Waals surface area contributed by atoms with Gasteiger partial charge in [-0.2, -0.15) is 0 Å². The van der Waals surface area contributed by atoms with Crippen LogP contribution in [0.2, 0.25) is 0 Å². The van der Waals surface area contributed by atoms with E-state index in [0.717, 1.165) is 24.8 Å². The normalized spacial score (nSPS) is 19.3. The van der Waals surface area contributed by atoms with E-state index in [9.17, 15) is 9.90 Å². The maximum atomic E-state index is 15.4. The van der Waals surface area contributed by atoms with Crippen molar-refractivity contribution in [3.63, 3.8) is 0 Å². The topological polar surface area (TPSA) is 37.3 Å². The van der Waals surface area contributed by atoms with E-state index in [1.165, 1.54) is 102 Å². The molecule has 0 heterocycles. The fourth-order valence-corrected chi connectivity index (χ4v) is 6.48. The number of carboxylic acid groups (broad SMARTS) is 1. The van der Waals surface area contributed by atoms with Gasteiger partial charge in [0.1, 0.15) is 5.82 Å². The molecule has 0 unspecified atom stereocenters. The third-order valence-corrected chi connectivity index (χ3v) is 9.19. The van der Waals surface area contributed by atoms with Crippen LogP contribution in [-0.2, 0) is 16.6 Å². The van der Waals surface area contributed by atoms with E-state index >= 15 is 4.39 Å². The standard InChI is InChI=1S/C36H53FO2/c1-3-5-7-9-10-11-13-15-17-30-24-26-36(27-25-30,35(38)39)32-22-23-33(34(37)28-32)31-20-18-29(19-21-31)16-14-12-8-6-4-2/h18-23,28,30H,3-17,24-27H2,1-2H3,(H,38,39). The van der Waals surface area contributed by atoms with Gasteiger partial charge in [0.25, 0.3) is 0 Å². The Balaban J connectivity index is 1.53. The van der Waals surface area contributed by atoms with E-state index in [1.807, 2.05) is 18.2 Å². The Kier molecular flexibility index (Phi) is 13.5. The lowest BCUT2D eigenvalue weighted by Crippen LogP contribution is -2.39. The van der Waals surface area contributed by atoms with Crippen LogP contribution in [0.3, 0.4) is 0 Å². The summed E-state index contributed by atoms with van der Waals surface area (Å²) >= 11 is 0. The minimum Gasteiger partial charge on any atom is -0.481 e.